The summed E-state index contributed by atoms with van der Waals surface area (Å²) in [7, 11) is 0. The average molecular weight is 299 g/mol. The Kier molecular flexibility index (Phi) is 4.46. The highest BCUT2D eigenvalue weighted by molar-refractivity contribution is 6.32. The number of benzene rings is 2. The van der Waals surface area contributed by atoms with E-state index in [4.69, 9.17) is 11.6 Å². The van der Waals surface area contributed by atoms with Crippen molar-refractivity contribution in [1.82, 2.24) is 0 Å². The molecular formula is C16H11ClN2O2. The molecule has 0 saturated heterocycles. The lowest BCUT2D eigenvalue weighted by molar-refractivity contribution is 0.516. The first-order valence-corrected chi connectivity index (χ1v) is 6.52. The second-order valence-electron chi connectivity index (χ2n) is 4.38. The van der Waals surface area contributed by atoms with Crippen molar-refractivity contribution in [3.8, 4) is 0 Å². The standard InChI is InChI=1S/C16H11ClN2O2/c1-12-6-5-9-14(15(12)17)16(18-10-20,19-11-21)13-7-3-2-4-8-13/h2-9H,1H3. The van der Waals surface area contributed by atoms with Gasteiger partial charge < -0.3 is 0 Å². The molecule has 0 radical (unpaired) electrons. The molecule has 0 unspecified atom stereocenters. The van der Waals surface area contributed by atoms with Crippen LogP contribution in [0.25, 0.3) is 0 Å². The lowest BCUT2D eigenvalue weighted by Gasteiger charge is -2.24. The maximum atomic E-state index is 10.9. The van der Waals surface area contributed by atoms with E-state index < -0.39 is 5.66 Å². The van der Waals surface area contributed by atoms with Gasteiger partial charge in [0, 0.05) is 11.1 Å². The minimum absolute atomic E-state index is 0.388. The van der Waals surface area contributed by atoms with E-state index in [2.05, 4.69) is 9.98 Å². The molecule has 0 aliphatic carbocycles. The highest BCUT2D eigenvalue weighted by Gasteiger charge is 2.36. The lowest BCUT2D eigenvalue weighted by atomic mass is 9.91. The van der Waals surface area contributed by atoms with E-state index in [1.807, 2.05) is 13.0 Å². The SMILES string of the molecule is Cc1cccc(C(N=C=O)(N=C=O)c2ccccc2)c1Cl. The van der Waals surface area contributed by atoms with E-state index in [0.717, 1.165) is 5.56 Å². The third kappa shape index (κ3) is 2.69. The number of aliphatic imine (C=N–C) groups is 2. The molecule has 0 saturated carbocycles. The number of hydrogen-bond donors (Lipinski definition) is 0. The molecule has 5 heteroatoms. The van der Waals surface area contributed by atoms with Gasteiger partial charge in [-0.2, -0.15) is 9.98 Å². The van der Waals surface area contributed by atoms with E-state index in [0.29, 0.717) is 16.1 Å². The average Bonchev–Trinajstić information content (AvgIpc) is 2.51. The molecule has 0 aliphatic heterocycles. The van der Waals surface area contributed by atoms with Gasteiger partial charge in [0.05, 0.1) is 5.02 Å². The molecular weight excluding hydrogens is 288 g/mol. The van der Waals surface area contributed by atoms with Crippen LogP contribution in [0.15, 0.2) is 58.5 Å². The van der Waals surface area contributed by atoms with E-state index in [1.165, 1.54) is 12.2 Å². The first kappa shape index (κ1) is 14.9. The quantitative estimate of drug-likeness (QED) is 0.640. The summed E-state index contributed by atoms with van der Waals surface area (Å²) in [4.78, 5) is 29.4. The second kappa shape index (κ2) is 6.29. The molecule has 0 aliphatic rings. The molecule has 2 aromatic carbocycles. The third-order valence-electron chi connectivity index (χ3n) is 3.16. The van der Waals surface area contributed by atoms with Crippen molar-refractivity contribution in [1.29, 1.82) is 0 Å². The van der Waals surface area contributed by atoms with Crippen LogP contribution in [-0.4, -0.2) is 12.2 Å². The summed E-state index contributed by atoms with van der Waals surface area (Å²) in [5, 5.41) is 0.388. The fourth-order valence-corrected chi connectivity index (χ4v) is 2.41. The van der Waals surface area contributed by atoms with Crippen LogP contribution < -0.4 is 0 Å². The van der Waals surface area contributed by atoms with E-state index in [-0.39, 0.29) is 0 Å². The van der Waals surface area contributed by atoms with Crippen molar-refractivity contribution in [3.63, 3.8) is 0 Å². The van der Waals surface area contributed by atoms with Gasteiger partial charge in [-0.25, -0.2) is 9.59 Å². The first-order valence-electron chi connectivity index (χ1n) is 6.15. The Morgan fingerprint density at radius 1 is 0.952 bits per heavy atom. The zero-order valence-electron chi connectivity index (χ0n) is 11.2. The Hall–Kier alpha value is -2.51. The predicted molar refractivity (Wildman–Crippen MR) is 79.7 cm³/mol. The van der Waals surface area contributed by atoms with Gasteiger partial charge >= 0.3 is 0 Å². The number of rotatable bonds is 4. The van der Waals surface area contributed by atoms with Crippen molar-refractivity contribution in [3.05, 3.63) is 70.2 Å². The second-order valence-corrected chi connectivity index (χ2v) is 4.76. The van der Waals surface area contributed by atoms with Crippen molar-refractivity contribution >= 4 is 23.8 Å². The zero-order valence-corrected chi connectivity index (χ0v) is 12.0. The molecule has 2 aromatic rings. The highest BCUT2D eigenvalue weighted by atomic mass is 35.5. The largest absolute Gasteiger partial charge is 0.238 e. The van der Waals surface area contributed by atoms with Crippen molar-refractivity contribution in [2.45, 2.75) is 12.6 Å². The third-order valence-corrected chi connectivity index (χ3v) is 3.66. The van der Waals surface area contributed by atoms with Gasteiger partial charge in [-0.15, -0.1) is 0 Å². The highest BCUT2D eigenvalue weighted by Crippen LogP contribution is 2.39. The fraction of sp³-hybridized carbons (Fsp3) is 0.125. The Balaban J connectivity index is 2.87. The maximum absolute atomic E-state index is 10.9. The van der Waals surface area contributed by atoms with Crippen LogP contribution in [0.4, 0.5) is 0 Å². The monoisotopic (exact) mass is 298 g/mol. The van der Waals surface area contributed by atoms with Gasteiger partial charge in [-0.3, -0.25) is 0 Å². The van der Waals surface area contributed by atoms with Gasteiger partial charge in [-0.1, -0.05) is 60.1 Å². The van der Waals surface area contributed by atoms with Crippen LogP contribution in [0.5, 0.6) is 0 Å². The molecule has 0 aromatic heterocycles. The summed E-state index contributed by atoms with van der Waals surface area (Å²) < 4.78 is 0. The van der Waals surface area contributed by atoms with Crippen LogP contribution in [0.2, 0.25) is 5.02 Å². The van der Waals surface area contributed by atoms with Crippen LogP contribution in [0.1, 0.15) is 16.7 Å². The molecule has 0 spiro atoms. The van der Waals surface area contributed by atoms with Gasteiger partial charge in [-0.05, 0) is 12.5 Å². The number of nitrogens with zero attached hydrogens (tertiary/aromatic N) is 2. The molecule has 21 heavy (non-hydrogen) atoms. The Morgan fingerprint density at radius 2 is 1.57 bits per heavy atom. The Labute approximate surface area is 126 Å². The first-order chi connectivity index (χ1) is 10.2. The summed E-state index contributed by atoms with van der Waals surface area (Å²) in [5.74, 6) is 0. The van der Waals surface area contributed by atoms with Gasteiger partial charge in [0.2, 0.25) is 17.8 Å². The van der Waals surface area contributed by atoms with Crippen molar-refractivity contribution < 1.29 is 9.59 Å². The number of isocyanates is 2. The number of hydrogen-bond acceptors (Lipinski definition) is 4. The van der Waals surface area contributed by atoms with Crippen molar-refractivity contribution in [2.75, 3.05) is 0 Å². The topological polar surface area (TPSA) is 58.9 Å². The molecule has 0 N–H and O–H groups in total. The van der Waals surface area contributed by atoms with E-state index in [1.54, 1.807) is 42.5 Å². The van der Waals surface area contributed by atoms with Crippen LogP contribution in [-0.2, 0) is 15.3 Å². The molecule has 0 heterocycles. The molecule has 0 amide bonds. The fourth-order valence-electron chi connectivity index (χ4n) is 2.15. The summed E-state index contributed by atoms with van der Waals surface area (Å²) in [6.45, 7) is 1.82. The Bertz CT molecular complexity index is 728. The number of aryl methyl sites for hydroxylation is 1. The minimum Gasteiger partial charge on any atom is -0.211 e. The van der Waals surface area contributed by atoms with Gasteiger partial charge in [0.15, 0.2) is 0 Å². The molecule has 2 rings (SSSR count). The minimum atomic E-state index is -1.56. The Morgan fingerprint density at radius 3 is 2.14 bits per heavy atom. The molecule has 4 nitrogen and oxygen atoms in total. The summed E-state index contributed by atoms with van der Waals surface area (Å²) >= 11 is 6.32. The predicted octanol–water partition coefficient (Wildman–Crippen LogP) is 3.52. The maximum Gasteiger partial charge on any atom is 0.238 e. The van der Waals surface area contributed by atoms with Crippen molar-refractivity contribution in [2.24, 2.45) is 9.98 Å². The van der Waals surface area contributed by atoms with Gasteiger partial charge in [0.25, 0.3) is 0 Å². The van der Waals surface area contributed by atoms with E-state index in [9.17, 15) is 9.59 Å². The van der Waals surface area contributed by atoms with E-state index >= 15 is 0 Å². The zero-order chi connectivity index (χ0) is 15.3. The number of carbonyl (C=O) groups excluding carboxylic acids is 2. The lowest BCUT2D eigenvalue weighted by Crippen LogP contribution is -2.23. The van der Waals surface area contributed by atoms with Crippen LogP contribution >= 0.6 is 11.6 Å². The van der Waals surface area contributed by atoms with Crippen LogP contribution in [0, 0.1) is 6.92 Å². The smallest absolute Gasteiger partial charge is 0.211 e. The normalized spacial score (nSPS) is 12.7. The van der Waals surface area contributed by atoms with Crippen LogP contribution in [0.3, 0.4) is 0 Å². The molecule has 0 fully saturated rings. The summed E-state index contributed by atoms with van der Waals surface area (Å²) in [5.41, 5.74) is 0.191. The molecule has 0 atom stereocenters. The summed E-state index contributed by atoms with van der Waals surface area (Å²) in [6.07, 6.45) is 2.96. The molecule has 104 valence electrons. The number of halogens is 1. The summed E-state index contributed by atoms with van der Waals surface area (Å²) in [6, 6.07) is 14.0. The van der Waals surface area contributed by atoms with Gasteiger partial charge in [0.1, 0.15) is 0 Å². The molecule has 0 bridgehead atoms.